The van der Waals surface area contributed by atoms with Crippen LogP contribution in [-0.2, 0) is 5.41 Å². The maximum absolute atomic E-state index is 13.5. The smallest absolute Gasteiger partial charge is 0.123 e. The summed E-state index contributed by atoms with van der Waals surface area (Å²) in [6.07, 6.45) is 5.31. The molecule has 2 nitrogen and oxygen atoms in total. The molecule has 1 saturated heterocycles. The second kappa shape index (κ2) is 10.3. The van der Waals surface area contributed by atoms with E-state index in [9.17, 15) is 8.78 Å². The Labute approximate surface area is 189 Å². The van der Waals surface area contributed by atoms with Crippen molar-refractivity contribution in [2.24, 2.45) is 0 Å². The van der Waals surface area contributed by atoms with E-state index in [1.54, 1.807) is 7.11 Å². The van der Waals surface area contributed by atoms with E-state index in [1.165, 1.54) is 29.8 Å². The highest BCUT2D eigenvalue weighted by Gasteiger charge is 2.35. The Morgan fingerprint density at radius 2 is 1.56 bits per heavy atom. The number of hydrogen-bond donors (Lipinski definition) is 1. The zero-order chi connectivity index (χ0) is 22.4. The second-order valence-electron chi connectivity index (χ2n) is 8.84. The van der Waals surface area contributed by atoms with Gasteiger partial charge in [-0.25, -0.2) is 8.78 Å². The lowest BCUT2D eigenvalue weighted by molar-refractivity contribution is 0.393. The molecule has 0 aliphatic carbocycles. The van der Waals surface area contributed by atoms with Crippen molar-refractivity contribution in [3.05, 3.63) is 101 Å². The van der Waals surface area contributed by atoms with Gasteiger partial charge in [0.2, 0.25) is 0 Å². The molecule has 32 heavy (non-hydrogen) atoms. The number of unbranched alkanes of at least 4 members (excludes halogenated alkanes) is 1. The Morgan fingerprint density at radius 3 is 2.12 bits per heavy atom. The molecule has 1 N–H and O–H groups in total. The van der Waals surface area contributed by atoms with Gasteiger partial charge in [-0.2, -0.15) is 0 Å². The van der Waals surface area contributed by atoms with E-state index in [0.717, 1.165) is 62.1 Å². The number of hydrogen-bond acceptors (Lipinski definition) is 2. The number of ether oxygens (including phenoxy) is 1. The number of halogens is 2. The third-order valence-corrected chi connectivity index (χ3v) is 6.87. The maximum atomic E-state index is 13.5. The lowest BCUT2D eigenvalue weighted by atomic mass is 9.75. The average Bonchev–Trinajstić information content (AvgIpc) is 3.31. The number of methoxy groups -OCH3 is 1. The Balaban J connectivity index is 1.46. The van der Waals surface area contributed by atoms with E-state index in [0.29, 0.717) is 0 Å². The van der Waals surface area contributed by atoms with E-state index in [2.05, 4.69) is 23.5 Å². The van der Waals surface area contributed by atoms with Crippen molar-refractivity contribution >= 4 is 0 Å². The summed E-state index contributed by atoms with van der Waals surface area (Å²) < 4.78 is 32.4. The molecule has 3 aromatic carbocycles. The number of nitrogens with one attached hydrogen (secondary N) is 1. The van der Waals surface area contributed by atoms with E-state index in [1.807, 2.05) is 30.3 Å². The van der Waals surface area contributed by atoms with E-state index in [-0.39, 0.29) is 23.0 Å². The van der Waals surface area contributed by atoms with Crippen molar-refractivity contribution < 1.29 is 13.5 Å². The van der Waals surface area contributed by atoms with Gasteiger partial charge >= 0.3 is 0 Å². The first-order valence-corrected chi connectivity index (χ1v) is 11.5. The summed E-state index contributed by atoms with van der Waals surface area (Å²) in [6, 6.07) is 21.9. The van der Waals surface area contributed by atoms with E-state index in [4.69, 9.17) is 4.74 Å². The molecule has 1 unspecified atom stereocenters. The van der Waals surface area contributed by atoms with Gasteiger partial charge in [0.05, 0.1) is 7.11 Å². The van der Waals surface area contributed by atoms with Crippen LogP contribution in [0.15, 0.2) is 72.8 Å². The highest BCUT2D eigenvalue weighted by atomic mass is 19.1. The minimum Gasteiger partial charge on any atom is -0.497 e. The molecule has 1 aliphatic heterocycles. The van der Waals surface area contributed by atoms with E-state index < -0.39 is 0 Å². The number of benzene rings is 3. The van der Waals surface area contributed by atoms with Crippen molar-refractivity contribution in [1.29, 1.82) is 0 Å². The third-order valence-electron chi connectivity index (χ3n) is 6.87. The zero-order valence-corrected chi connectivity index (χ0v) is 18.6. The second-order valence-corrected chi connectivity index (χ2v) is 8.84. The van der Waals surface area contributed by atoms with Gasteiger partial charge in [0.25, 0.3) is 0 Å². The highest BCUT2D eigenvalue weighted by molar-refractivity contribution is 5.35. The van der Waals surface area contributed by atoms with Crippen molar-refractivity contribution in [1.82, 2.24) is 5.32 Å². The monoisotopic (exact) mass is 435 g/mol. The van der Waals surface area contributed by atoms with Crippen LogP contribution < -0.4 is 10.1 Å². The first kappa shape index (κ1) is 22.5. The van der Waals surface area contributed by atoms with Gasteiger partial charge in [-0.05, 0) is 78.9 Å². The van der Waals surface area contributed by atoms with Gasteiger partial charge in [0.15, 0.2) is 0 Å². The molecule has 1 aliphatic rings. The molecular formula is C28H31F2NO. The molecule has 4 heteroatoms. The lowest BCUT2D eigenvalue weighted by Gasteiger charge is -2.30. The summed E-state index contributed by atoms with van der Waals surface area (Å²) in [5, 5.41) is 3.55. The third kappa shape index (κ3) is 5.18. The molecule has 0 amide bonds. The highest BCUT2D eigenvalue weighted by Crippen LogP contribution is 2.38. The molecule has 0 spiro atoms. The lowest BCUT2D eigenvalue weighted by Crippen LogP contribution is -2.29. The van der Waals surface area contributed by atoms with Crippen LogP contribution in [0.2, 0.25) is 0 Å². The SMILES string of the molecule is COc1cccc(C2(CCCCC(c3ccc(F)cc3)c3ccc(F)cc3)CCNC2)c1. The largest absolute Gasteiger partial charge is 0.497 e. The van der Waals surface area contributed by atoms with Crippen LogP contribution in [0.3, 0.4) is 0 Å². The molecule has 168 valence electrons. The maximum Gasteiger partial charge on any atom is 0.123 e. The summed E-state index contributed by atoms with van der Waals surface area (Å²) in [6.45, 7) is 2.02. The molecule has 0 aromatic heterocycles. The topological polar surface area (TPSA) is 21.3 Å². The fourth-order valence-corrected chi connectivity index (χ4v) is 5.03. The van der Waals surface area contributed by atoms with Gasteiger partial charge in [0, 0.05) is 17.9 Å². The van der Waals surface area contributed by atoms with Crippen LogP contribution >= 0.6 is 0 Å². The molecule has 3 aromatic rings. The molecule has 1 fully saturated rings. The van der Waals surface area contributed by atoms with Crippen molar-refractivity contribution in [2.75, 3.05) is 20.2 Å². The Hall–Kier alpha value is -2.72. The quantitative estimate of drug-likeness (QED) is 0.383. The van der Waals surface area contributed by atoms with Gasteiger partial charge in [-0.15, -0.1) is 0 Å². The van der Waals surface area contributed by atoms with Crippen LogP contribution in [-0.4, -0.2) is 20.2 Å². The van der Waals surface area contributed by atoms with E-state index >= 15 is 0 Å². The standard InChI is InChI=1S/C28H31F2NO/c1-32-26-6-4-5-23(19-26)28(17-18-31-20-28)16-3-2-7-27(21-8-12-24(29)13-9-21)22-10-14-25(30)15-11-22/h4-6,8-15,19,27,31H,2-3,7,16-18,20H2,1H3. The van der Waals surface area contributed by atoms with Gasteiger partial charge in [-0.3, -0.25) is 0 Å². The summed E-state index contributed by atoms with van der Waals surface area (Å²) in [5.74, 6) is 0.563. The molecule has 1 atom stereocenters. The van der Waals surface area contributed by atoms with Crippen molar-refractivity contribution in [3.8, 4) is 5.75 Å². The zero-order valence-electron chi connectivity index (χ0n) is 18.6. The normalized spacial score (nSPS) is 18.2. The Kier molecular flexibility index (Phi) is 7.21. The number of rotatable bonds is 9. The minimum atomic E-state index is -0.236. The van der Waals surface area contributed by atoms with Gasteiger partial charge in [-0.1, -0.05) is 49.2 Å². The molecule has 0 bridgehead atoms. The van der Waals surface area contributed by atoms with Crippen LogP contribution in [0.5, 0.6) is 5.75 Å². The minimum absolute atomic E-state index is 0.130. The van der Waals surface area contributed by atoms with Crippen LogP contribution in [0.1, 0.15) is 54.7 Å². The molecule has 1 heterocycles. The molecular weight excluding hydrogens is 404 g/mol. The molecule has 0 saturated carbocycles. The summed E-state index contributed by atoms with van der Waals surface area (Å²) in [7, 11) is 1.71. The first-order valence-electron chi connectivity index (χ1n) is 11.5. The average molecular weight is 436 g/mol. The van der Waals surface area contributed by atoms with Crippen LogP contribution in [0.4, 0.5) is 8.78 Å². The molecule has 4 rings (SSSR count). The van der Waals surface area contributed by atoms with Gasteiger partial charge < -0.3 is 10.1 Å². The van der Waals surface area contributed by atoms with Crippen LogP contribution in [0.25, 0.3) is 0 Å². The summed E-state index contributed by atoms with van der Waals surface area (Å²) in [4.78, 5) is 0. The fraction of sp³-hybridized carbons (Fsp3) is 0.357. The van der Waals surface area contributed by atoms with Crippen LogP contribution in [0, 0.1) is 11.6 Å². The Morgan fingerprint density at radius 1 is 0.906 bits per heavy atom. The van der Waals surface area contributed by atoms with Crippen molar-refractivity contribution in [3.63, 3.8) is 0 Å². The van der Waals surface area contributed by atoms with Gasteiger partial charge in [0.1, 0.15) is 17.4 Å². The summed E-state index contributed by atoms with van der Waals surface area (Å²) in [5.41, 5.74) is 3.62. The fourth-order valence-electron chi connectivity index (χ4n) is 5.03. The predicted molar refractivity (Wildman–Crippen MR) is 125 cm³/mol. The summed E-state index contributed by atoms with van der Waals surface area (Å²) >= 11 is 0. The Bertz CT molecular complexity index is 949. The van der Waals surface area contributed by atoms with Crippen molar-refractivity contribution in [2.45, 2.75) is 43.4 Å². The first-order chi connectivity index (χ1) is 15.6. The molecule has 0 radical (unpaired) electrons. The predicted octanol–water partition coefficient (Wildman–Crippen LogP) is 6.60.